The normalized spacial score (nSPS) is 19.1. The molecule has 2 aromatic rings. The van der Waals surface area contributed by atoms with E-state index in [4.69, 9.17) is 17.3 Å². The van der Waals surface area contributed by atoms with Gasteiger partial charge >= 0.3 is 11.8 Å². The number of aromatic nitrogens is 1. The topological polar surface area (TPSA) is 105 Å². The van der Waals surface area contributed by atoms with E-state index in [0.717, 1.165) is 18.4 Å². The van der Waals surface area contributed by atoms with Gasteiger partial charge in [-0.3, -0.25) is 19.4 Å². The summed E-state index contributed by atoms with van der Waals surface area (Å²) in [6.07, 6.45) is 4.35. The summed E-state index contributed by atoms with van der Waals surface area (Å²) in [5.41, 5.74) is 6.51. The minimum atomic E-state index is -0.787. The van der Waals surface area contributed by atoms with Gasteiger partial charge in [0.15, 0.2) is 0 Å². The van der Waals surface area contributed by atoms with Gasteiger partial charge in [-0.05, 0) is 42.5 Å². The molecule has 28 heavy (non-hydrogen) atoms. The molecule has 0 spiro atoms. The Bertz CT molecular complexity index is 918. The molecule has 7 nitrogen and oxygen atoms in total. The summed E-state index contributed by atoms with van der Waals surface area (Å²) in [5, 5.41) is 3.09. The van der Waals surface area contributed by atoms with Gasteiger partial charge in [-0.25, -0.2) is 0 Å². The van der Waals surface area contributed by atoms with Gasteiger partial charge in [0.05, 0.1) is 23.5 Å². The molecule has 1 saturated heterocycles. The summed E-state index contributed by atoms with van der Waals surface area (Å²) in [5.74, 6) is -1.81. The average molecular weight is 401 g/mol. The molecule has 1 aliphatic rings. The molecule has 1 fully saturated rings. The smallest absolute Gasteiger partial charge is 0.313 e. The maximum Gasteiger partial charge on any atom is 0.313 e. The Kier molecular flexibility index (Phi) is 5.94. The molecular weight excluding hydrogens is 380 g/mol. The van der Waals surface area contributed by atoms with Crippen LogP contribution in [0, 0.1) is 5.92 Å². The molecule has 0 unspecified atom stereocenters. The van der Waals surface area contributed by atoms with Crippen LogP contribution in [0.4, 0.5) is 5.69 Å². The molecule has 0 bridgehead atoms. The first-order valence-electron chi connectivity index (χ1n) is 8.97. The molecule has 8 heteroatoms. The lowest BCUT2D eigenvalue weighted by atomic mass is 9.90. The number of primary amides is 1. The van der Waals surface area contributed by atoms with Gasteiger partial charge < -0.3 is 16.0 Å². The van der Waals surface area contributed by atoms with E-state index < -0.39 is 17.7 Å². The number of benzene rings is 1. The third-order valence-electron chi connectivity index (χ3n) is 4.79. The highest BCUT2D eigenvalue weighted by Gasteiger charge is 2.34. The third-order valence-corrected chi connectivity index (χ3v) is 5.02. The molecule has 3 rings (SSSR count). The van der Waals surface area contributed by atoms with E-state index in [-0.39, 0.29) is 23.2 Å². The van der Waals surface area contributed by atoms with Gasteiger partial charge in [-0.1, -0.05) is 30.7 Å². The molecule has 0 aliphatic carbocycles. The minimum absolute atomic E-state index is 0.147. The molecule has 3 N–H and O–H groups in total. The number of halogens is 1. The Morgan fingerprint density at radius 1 is 1.21 bits per heavy atom. The van der Waals surface area contributed by atoms with E-state index in [1.165, 1.54) is 18.5 Å². The molecule has 146 valence electrons. The molecule has 0 radical (unpaired) electrons. The van der Waals surface area contributed by atoms with Crippen molar-refractivity contribution >= 4 is 35.0 Å². The highest BCUT2D eigenvalue weighted by atomic mass is 35.5. The third kappa shape index (κ3) is 4.48. The number of pyridine rings is 1. The maximum absolute atomic E-state index is 12.9. The van der Waals surface area contributed by atoms with Crippen molar-refractivity contribution in [2.24, 2.45) is 11.7 Å². The number of hydrogen-bond acceptors (Lipinski definition) is 4. The lowest BCUT2D eigenvalue weighted by Gasteiger charge is -2.38. The number of carbonyl (C=O) groups excluding carboxylic acids is 3. The Hall–Kier alpha value is -2.93. The van der Waals surface area contributed by atoms with Crippen LogP contribution in [0.2, 0.25) is 5.02 Å². The van der Waals surface area contributed by atoms with Crippen molar-refractivity contribution in [2.45, 2.75) is 25.8 Å². The Morgan fingerprint density at radius 3 is 2.71 bits per heavy atom. The molecule has 1 aromatic heterocycles. The predicted molar refractivity (Wildman–Crippen MR) is 106 cm³/mol. The summed E-state index contributed by atoms with van der Waals surface area (Å²) in [6, 6.07) is 8.50. The first kappa shape index (κ1) is 19.8. The minimum Gasteiger partial charge on any atom is -0.366 e. The first-order chi connectivity index (χ1) is 13.3. The number of nitrogens with one attached hydrogen (secondary N) is 1. The summed E-state index contributed by atoms with van der Waals surface area (Å²) in [6.45, 7) is 2.52. The van der Waals surface area contributed by atoms with Crippen molar-refractivity contribution in [3.8, 4) is 0 Å². The largest absolute Gasteiger partial charge is 0.366 e. The van der Waals surface area contributed by atoms with Crippen LogP contribution < -0.4 is 11.1 Å². The van der Waals surface area contributed by atoms with E-state index in [2.05, 4.69) is 10.3 Å². The summed E-state index contributed by atoms with van der Waals surface area (Å²) in [7, 11) is 0. The molecule has 2 heterocycles. The van der Waals surface area contributed by atoms with Crippen LogP contribution in [0.5, 0.6) is 0 Å². The van der Waals surface area contributed by atoms with Gasteiger partial charge in [0, 0.05) is 17.8 Å². The fraction of sp³-hybridized carbons (Fsp3) is 0.300. The number of hydrogen-bond donors (Lipinski definition) is 2. The lowest BCUT2D eigenvalue weighted by molar-refractivity contribution is -0.146. The van der Waals surface area contributed by atoms with Crippen molar-refractivity contribution in [3.63, 3.8) is 0 Å². The fourth-order valence-electron chi connectivity index (χ4n) is 3.40. The van der Waals surface area contributed by atoms with Gasteiger partial charge in [-0.2, -0.15) is 0 Å². The average Bonchev–Trinajstić information content (AvgIpc) is 2.67. The maximum atomic E-state index is 12.9. The zero-order valence-electron chi connectivity index (χ0n) is 15.4. The van der Waals surface area contributed by atoms with E-state index in [1.807, 2.05) is 25.1 Å². The number of piperidine rings is 1. The fourth-order valence-corrected chi connectivity index (χ4v) is 3.59. The van der Waals surface area contributed by atoms with Crippen LogP contribution in [-0.4, -0.2) is 34.2 Å². The van der Waals surface area contributed by atoms with Crippen molar-refractivity contribution in [1.29, 1.82) is 0 Å². The quantitative estimate of drug-likeness (QED) is 0.772. The van der Waals surface area contributed by atoms with Gasteiger partial charge in [0.25, 0.3) is 0 Å². The summed E-state index contributed by atoms with van der Waals surface area (Å²) in [4.78, 5) is 42.2. The standard InChI is InChI=1S/C20H21ClN4O3/c1-12-5-6-17(13-3-2-4-15(21)7-13)25(11-12)20(28)19(27)24-16-8-14(18(22)26)9-23-10-16/h2-4,7-10,12,17H,5-6,11H2,1H3,(H2,22,26)(H,24,27)/t12-,17+/m1/s1. The summed E-state index contributed by atoms with van der Waals surface area (Å²) < 4.78 is 0. The molecule has 2 atom stereocenters. The van der Waals surface area contributed by atoms with E-state index >= 15 is 0 Å². The monoisotopic (exact) mass is 400 g/mol. The van der Waals surface area contributed by atoms with Crippen molar-refractivity contribution < 1.29 is 14.4 Å². The Labute approximate surface area is 167 Å². The van der Waals surface area contributed by atoms with Crippen LogP contribution in [0.15, 0.2) is 42.7 Å². The molecule has 0 saturated carbocycles. The molecule has 3 amide bonds. The predicted octanol–water partition coefficient (Wildman–Crippen LogP) is 2.77. The number of anilines is 1. The van der Waals surface area contributed by atoms with Gasteiger partial charge in [-0.15, -0.1) is 0 Å². The summed E-state index contributed by atoms with van der Waals surface area (Å²) >= 11 is 6.10. The SMILES string of the molecule is C[C@@H]1CC[C@@H](c2cccc(Cl)c2)N(C(=O)C(=O)Nc2cncc(C(N)=O)c2)C1. The van der Waals surface area contributed by atoms with Crippen LogP contribution >= 0.6 is 11.6 Å². The lowest BCUT2D eigenvalue weighted by Crippen LogP contribution is -2.46. The van der Waals surface area contributed by atoms with E-state index in [9.17, 15) is 14.4 Å². The van der Waals surface area contributed by atoms with Crippen molar-refractivity contribution in [1.82, 2.24) is 9.88 Å². The van der Waals surface area contributed by atoms with Crippen LogP contribution in [-0.2, 0) is 9.59 Å². The second-order valence-electron chi connectivity index (χ2n) is 6.99. The number of carbonyl (C=O) groups is 3. The van der Waals surface area contributed by atoms with E-state index in [0.29, 0.717) is 11.6 Å². The number of nitrogens with zero attached hydrogens (tertiary/aromatic N) is 2. The molecule has 1 aliphatic heterocycles. The number of amides is 3. The number of nitrogens with two attached hydrogens (primary N) is 1. The Morgan fingerprint density at radius 2 is 2.00 bits per heavy atom. The van der Waals surface area contributed by atoms with Crippen LogP contribution in [0.3, 0.4) is 0 Å². The Balaban J connectivity index is 1.80. The number of rotatable bonds is 3. The van der Waals surface area contributed by atoms with Gasteiger partial charge in [0.1, 0.15) is 0 Å². The first-order valence-corrected chi connectivity index (χ1v) is 9.35. The highest BCUT2D eigenvalue weighted by Crippen LogP contribution is 2.34. The van der Waals surface area contributed by atoms with Crippen LogP contribution in [0.1, 0.15) is 41.7 Å². The van der Waals surface area contributed by atoms with Crippen molar-refractivity contribution in [3.05, 3.63) is 58.9 Å². The van der Waals surface area contributed by atoms with Crippen molar-refractivity contribution in [2.75, 3.05) is 11.9 Å². The highest BCUT2D eigenvalue weighted by molar-refractivity contribution is 6.39. The number of likely N-dealkylation sites (tertiary alicyclic amines) is 1. The van der Waals surface area contributed by atoms with Crippen LogP contribution in [0.25, 0.3) is 0 Å². The van der Waals surface area contributed by atoms with E-state index in [1.54, 1.807) is 11.0 Å². The zero-order chi connectivity index (χ0) is 20.3. The van der Waals surface area contributed by atoms with Gasteiger partial charge in [0.2, 0.25) is 5.91 Å². The molecule has 1 aromatic carbocycles. The second kappa shape index (κ2) is 8.39. The second-order valence-corrected chi connectivity index (χ2v) is 7.43. The zero-order valence-corrected chi connectivity index (χ0v) is 16.1. The molecular formula is C20H21ClN4O3.